The van der Waals surface area contributed by atoms with Gasteiger partial charge in [0, 0.05) is 29.3 Å². The molecule has 1 atom stereocenters. The lowest BCUT2D eigenvalue weighted by Crippen LogP contribution is -2.44. The number of nitrogens with zero attached hydrogens (tertiary/aromatic N) is 3. The smallest absolute Gasteiger partial charge is 0.163 e. The minimum atomic E-state index is 0.258. The van der Waals surface area contributed by atoms with Gasteiger partial charge in [0.25, 0.3) is 0 Å². The van der Waals surface area contributed by atoms with Crippen LogP contribution in [0.4, 0.5) is 5.82 Å². The molecule has 5 heteroatoms. The number of aryl methyl sites for hydroxylation is 1. The molecule has 2 heterocycles. The maximum atomic E-state index is 12.6. The van der Waals surface area contributed by atoms with Crippen LogP contribution < -0.4 is 4.90 Å². The van der Waals surface area contributed by atoms with Crippen LogP contribution in [0.3, 0.4) is 0 Å². The molecule has 5 nitrogen and oxygen atoms in total. The number of Topliss-reactive ketones (excluding diaryl/α,β-unsaturated/α-hetero) is 1. The quantitative estimate of drug-likeness (QED) is 0.574. The van der Waals surface area contributed by atoms with E-state index < -0.39 is 0 Å². The second-order valence-corrected chi connectivity index (χ2v) is 8.69. The van der Waals surface area contributed by atoms with Crippen molar-refractivity contribution in [2.75, 3.05) is 24.7 Å². The zero-order valence-electron chi connectivity index (χ0n) is 17.6. The lowest BCUT2D eigenvalue weighted by atomic mass is 9.94. The molecule has 0 amide bonds. The molecule has 1 aromatic heterocycles. The molecule has 2 fully saturated rings. The van der Waals surface area contributed by atoms with Gasteiger partial charge < -0.3 is 9.64 Å². The number of ether oxygens (including phenoxy) is 1. The van der Waals surface area contributed by atoms with Crippen molar-refractivity contribution in [2.24, 2.45) is 5.92 Å². The van der Waals surface area contributed by atoms with Gasteiger partial charge in [-0.1, -0.05) is 18.2 Å². The largest absolute Gasteiger partial charge is 0.377 e. The van der Waals surface area contributed by atoms with Crippen LogP contribution in [0.1, 0.15) is 42.1 Å². The van der Waals surface area contributed by atoms with Crippen molar-refractivity contribution >= 4 is 22.4 Å². The highest BCUT2D eigenvalue weighted by molar-refractivity contribution is 5.99. The van der Waals surface area contributed by atoms with Gasteiger partial charge >= 0.3 is 0 Å². The Morgan fingerprint density at radius 2 is 2.07 bits per heavy atom. The van der Waals surface area contributed by atoms with E-state index >= 15 is 0 Å². The van der Waals surface area contributed by atoms with Crippen LogP contribution in [0.2, 0.25) is 0 Å². The third-order valence-corrected chi connectivity index (χ3v) is 6.32. The first-order valence-corrected chi connectivity index (χ1v) is 10.8. The Bertz CT molecular complexity index is 1110. The maximum absolute atomic E-state index is 12.6. The van der Waals surface area contributed by atoms with Gasteiger partial charge in [-0.3, -0.25) is 4.79 Å². The molecule has 0 N–H and O–H groups in total. The summed E-state index contributed by atoms with van der Waals surface area (Å²) >= 11 is 0. The first-order chi connectivity index (χ1) is 14.6. The molecular weight excluding hydrogens is 374 g/mol. The molecule has 1 aliphatic carbocycles. The van der Waals surface area contributed by atoms with E-state index in [-0.39, 0.29) is 11.8 Å². The summed E-state index contributed by atoms with van der Waals surface area (Å²) in [5.41, 5.74) is 4.20. The van der Waals surface area contributed by atoms with E-state index in [1.165, 1.54) is 18.4 Å². The van der Waals surface area contributed by atoms with Crippen LogP contribution in [0.15, 0.2) is 42.6 Å². The zero-order valence-corrected chi connectivity index (χ0v) is 17.6. The molecule has 0 unspecified atom stereocenters. The Morgan fingerprint density at radius 3 is 2.87 bits per heavy atom. The second-order valence-electron chi connectivity index (χ2n) is 8.69. The summed E-state index contributed by atoms with van der Waals surface area (Å²) < 4.78 is 5.58. The summed E-state index contributed by atoms with van der Waals surface area (Å²) in [5.74, 6) is 1.77. The van der Waals surface area contributed by atoms with Crippen molar-refractivity contribution in [1.29, 1.82) is 0 Å². The number of carbonyl (C=O) groups excluding carboxylic acids is 1. The average Bonchev–Trinajstić information content (AvgIpc) is 3.57. The molecule has 3 aromatic rings. The fraction of sp³-hybridized carbons (Fsp3) is 0.400. The summed E-state index contributed by atoms with van der Waals surface area (Å²) in [7, 11) is 0. The molecule has 1 saturated carbocycles. The zero-order chi connectivity index (χ0) is 20.7. The number of morpholine rings is 1. The maximum Gasteiger partial charge on any atom is 0.163 e. The number of rotatable bonds is 5. The van der Waals surface area contributed by atoms with E-state index in [0.29, 0.717) is 25.6 Å². The molecule has 154 valence electrons. The molecule has 1 aliphatic heterocycles. The van der Waals surface area contributed by atoms with Crippen molar-refractivity contribution < 1.29 is 9.53 Å². The van der Waals surface area contributed by atoms with E-state index in [9.17, 15) is 4.79 Å². The van der Waals surface area contributed by atoms with Gasteiger partial charge in [-0.05, 0) is 67.5 Å². The number of hydrogen-bond donors (Lipinski definition) is 0. The predicted octanol–water partition coefficient (Wildman–Crippen LogP) is 4.81. The second kappa shape index (κ2) is 7.80. The fourth-order valence-electron chi connectivity index (χ4n) is 4.30. The van der Waals surface area contributed by atoms with Crippen LogP contribution in [0.25, 0.3) is 21.9 Å². The SMILES string of the molecule is Cc1ccc(C(=O)CC2CC2)cc1-c1ccc2c(N3CCOC[C@@H]3C)nncc2c1. The van der Waals surface area contributed by atoms with Crippen molar-refractivity contribution in [3.8, 4) is 11.1 Å². The van der Waals surface area contributed by atoms with Gasteiger partial charge in [-0.2, -0.15) is 5.10 Å². The number of anilines is 1. The molecule has 2 aliphatic rings. The van der Waals surface area contributed by atoms with E-state index in [2.05, 4.69) is 59.3 Å². The molecular formula is C25H27N3O2. The number of fused-ring (bicyclic) bond motifs is 1. The minimum Gasteiger partial charge on any atom is -0.377 e. The number of aromatic nitrogens is 2. The van der Waals surface area contributed by atoms with Gasteiger partial charge in [-0.25, -0.2) is 0 Å². The van der Waals surface area contributed by atoms with Crippen LogP contribution in [0.5, 0.6) is 0 Å². The van der Waals surface area contributed by atoms with Crippen molar-refractivity contribution in [3.05, 3.63) is 53.7 Å². The van der Waals surface area contributed by atoms with Gasteiger partial charge in [0.1, 0.15) is 0 Å². The molecule has 1 saturated heterocycles. The lowest BCUT2D eigenvalue weighted by molar-refractivity contribution is 0.0976. The highest BCUT2D eigenvalue weighted by Gasteiger charge is 2.25. The summed E-state index contributed by atoms with van der Waals surface area (Å²) in [4.78, 5) is 14.9. The first-order valence-electron chi connectivity index (χ1n) is 10.8. The summed E-state index contributed by atoms with van der Waals surface area (Å²) in [5, 5.41) is 10.9. The Labute approximate surface area is 177 Å². The van der Waals surface area contributed by atoms with Crippen molar-refractivity contribution in [2.45, 2.75) is 39.2 Å². The minimum absolute atomic E-state index is 0.258. The van der Waals surface area contributed by atoms with Crippen molar-refractivity contribution in [1.82, 2.24) is 10.2 Å². The summed E-state index contributed by atoms with van der Waals surface area (Å²) in [6.45, 7) is 6.49. The average molecular weight is 402 g/mol. The first kappa shape index (κ1) is 19.2. The monoisotopic (exact) mass is 401 g/mol. The molecule has 0 radical (unpaired) electrons. The Balaban J connectivity index is 1.52. The van der Waals surface area contributed by atoms with E-state index in [1.807, 2.05) is 12.3 Å². The van der Waals surface area contributed by atoms with Crippen molar-refractivity contribution in [3.63, 3.8) is 0 Å². The van der Waals surface area contributed by atoms with E-state index in [0.717, 1.165) is 39.8 Å². The van der Waals surface area contributed by atoms with Crippen LogP contribution >= 0.6 is 0 Å². The highest BCUT2D eigenvalue weighted by atomic mass is 16.5. The van der Waals surface area contributed by atoms with Crippen LogP contribution in [0, 0.1) is 12.8 Å². The van der Waals surface area contributed by atoms with Gasteiger partial charge in [0.2, 0.25) is 0 Å². The molecule has 0 bridgehead atoms. The highest BCUT2D eigenvalue weighted by Crippen LogP contribution is 2.35. The Morgan fingerprint density at radius 1 is 1.20 bits per heavy atom. The number of ketones is 1. The number of carbonyl (C=O) groups is 1. The van der Waals surface area contributed by atoms with Gasteiger partial charge in [0.05, 0.1) is 25.5 Å². The van der Waals surface area contributed by atoms with E-state index in [4.69, 9.17) is 4.74 Å². The number of hydrogen-bond acceptors (Lipinski definition) is 5. The Kier molecular flexibility index (Phi) is 4.99. The summed E-state index contributed by atoms with van der Waals surface area (Å²) in [6, 6.07) is 12.8. The Hall–Kier alpha value is -2.79. The van der Waals surface area contributed by atoms with Gasteiger partial charge in [-0.15, -0.1) is 5.10 Å². The predicted molar refractivity (Wildman–Crippen MR) is 119 cm³/mol. The molecule has 2 aromatic carbocycles. The molecule has 30 heavy (non-hydrogen) atoms. The van der Waals surface area contributed by atoms with Crippen LogP contribution in [-0.2, 0) is 4.74 Å². The number of benzene rings is 2. The van der Waals surface area contributed by atoms with E-state index in [1.54, 1.807) is 0 Å². The molecule has 5 rings (SSSR count). The fourth-order valence-corrected chi connectivity index (χ4v) is 4.30. The third-order valence-electron chi connectivity index (χ3n) is 6.32. The normalized spacial score (nSPS) is 19.3. The summed E-state index contributed by atoms with van der Waals surface area (Å²) in [6.07, 6.45) is 4.89. The third kappa shape index (κ3) is 3.70. The molecule has 0 spiro atoms. The van der Waals surface area contributed by atoms with Crippen LogP contribution in [-0.4, -0.2) is 41.8 Å². The van der Waals surface area contributed by atoms with Gasteiger partial charge in [0.15, 0.2) is 11.6 Å². The standard InChI is InChI=1S/C25H27N3O2/c1-16-3-6-20(24(29)11-18-4-5-18)13-23(16)19-7-8-22-21(12-19)14-26-27-25(22)28-9-10-30-15-17(28)2/h3,6-8,12-14,17-18H,4-5,9-11,15H2,1-2H3/t17-/m0/s1. The topological polar surface area (TPSA) is 55.3 Å². The lowest BCUT2D eigenvalue weighted by Gasteiger charge is -2.34.